The van der Waals surface area contributed by atoms with Gasteiger partial charge in [-0.15, -0.1) is 0 Å². The van der Waals surface area contributed by atoms with Gasteiger partial charge in [0, 0.05) is 18.3 Å². The van der Waals surface area contributed by atoms with Crippen molar-refractivity contribution in [3.05, 3.63) is 48.2 Å². The van der Waals surface area contributed by atoms with Crippen LogP contribution < -0.4 is 0 Å². The number of allylic oxidation sites excluding steroid dienone is 5. The topological polar surface area (TPSA) is 12.4 Å². The van der Waals surface area contributed by atoms with E-state index in [-0.39, 0.29) is 0 Å². The van der Waals surface area contributed by atoms with Gasteiger partial charge in [0.15, 0.2) is 0 Å². The lowest BCUT2D eigenvalue weighted by Crippen LogP contribution is -1.88. The Labute approximate surface area is 73.5 Å². The fourth-order valence-corrected chi connectivity index (χ4v) is 0.885. The van der Waals surface area contributed by atoms with Crippen molar-refractivity contribution in [3.63, 3.8) is 0 Å². The highest BCUT2D eigenvalue weighted by Crippen LogP contribution is 2.10. The molecule has 0 atom stereocenters. The van der Waals surface area contributed by atoms with Gasteiger partial charge in [-0.2, -0.15) is 0 Å². The van der Waals surface area contributed by atoms with Crippen molar-refractivity contribution >= 4 is 6.21 Å². The minimum Gasteiger partial charge on any atom is -0.261 e. The van der Waals surface area contributed by atoms with Crippen molar-refractivity contribution in [2.24, 2.45) is 4.99 Å². The van der Waals surface area contributed by atoms with Crippen LogP contribution in [0.15, 0.2) is 53.2 Å². The van der Waals surface area contributed by atoms with Gasteiger partial charge in [-0.25, -0.2) is 0 Å². The molecule has 0 aromatic heterocycles. The molecule has 12 heavy (non-hydrogen) atoms. The lowest BCUT2D eigenvalue weighted by Gasteiger charge is -2.01. The molecule has 0 spiro atoms. The third-order valence-corrected chi connectivity index (χ3v) is 1.64. The predicted molar refractivity (Wildman–Crippen MR) is 54.3 cm³/mol. The Kier molecular flexibility index (Phi) is 2.81. The number of nitrogens with zero attached hydrogens (tertiary/aromatic N) is 1. The molecule has 1 nitrogen and oxygen atoms in total. The first-order valence-corrected chi connectivity index (χ1v) is 3.94. The van der Waals surface area contributed by atoms with Crippen molar-refractivity contribution < 1.29 is 0 Å². The first-order valence-electron chi connectivity index (χ1n) is 3.94. The number of hydrogen-bond donors (Lipinski definition) is 0. The van der Waals surface area contributed by atoms with E-state index >= 15 is 0 Å². The molecule has 1 aliphatic heterocycles. The predicted octanol–water partition coefficient (Wildman–Crippen LogP) is 3.03. The van der Waals surface area contributed by atoms with Crippen molar-refractivity contribution in [1.82, 2.24) is 0 Å². The van der Waals surface area contributed by atoms with Crippen LogP contribution in [-0.4, -0.2) is 6.21 Å². The highest BCUT2D eigenvalue weighted by Gasteiger charge is 1.95. The zero-order chi connectivity index (χ0) is 8.97. The average molecular weight is 159 g/mol. The molecule has 0 unspecified atom stereocenters. The summed E-state index contributed by atoms with van der Waals surface area (Å²) in [4.78, 5) is 4.19. The van der Waals surface area contributed by atoms with Gasteiger partial charge in [-0.05, 0) is 18.1 Å². The molecule has 0 radical (unpaired) electrons. The number of hydrogen-bond acceptors (Lipinski definition) is 1. The van der Waals surface area contributed by atoms with E-state index < -0.39 is 0 Å². The van der Waals surface area contributed by atoms with E-state index in [4.69, 9.17) is 0 Å². The Balaban J connectivity index is 2.92. The molecule has 0 fully saturated rings. The van der Waals surface area contributed by atoms with Crippen molar-refractivity contribution in [1.29, 1.82) is 0 Å². The monoisotopic (exact) mass is 159 g/mol. The normalized spacial score (nSPS) is 23.8. The molecule has 0 aromatic rings. The fourth-order valence-electron chi connectivity index (χ4n) is 0.885. The SMILES string of the molecule is C=C1C/C=C/C=C(/C(=C)C)C=N1. The zero-order valence-corrected chi connectivity index (χ0v) is 7.38. The van der Waals surface area contributed by atoms with E-state index in [1.54, 1.807) is 0 Å². The molecule has 0 aliphatic carbocycles. The molecule has 0 amide bonds. The molecule has 1 aliphatic rings. The summed E-state index contributed by atoms with van der Waals surface area (Å²) in [5, 5.41) is 0. The third-order valence-electron chi connectivity index (χ3n) is 1.64. The molecule has 1 rings (SSSR count). The highest BCUT2D eigenvalue weighted by atomic mass is 14.7. The van der Waals surface area contributed by atoms with Gasteiger partial charge < -0.3 is 0 Å². The van der Waals surface area contributed by atoms with Crippen LogP contribution in [0.2, 0.25) is 0 Å². The quantitative estimate of drug-likeness (QED) is 0.557. The smallest absolute Gasteiger partial charge is 0.0369 e. The first kappa shape index (κ1) is 8.72. The van der Waals surface area contributed by atoms with Crippen LogP contribution in [0, 0.1) is 0 Å². The van der Waals surface area contributed by atoms with Gasteiger partial charge in [0.2, 0.25) is 0 Å². The molecule has 0 saturated carbocycles. The first-order chi connectivity index (χ1) is 5.70. The van der Waals surface area contributed by atoms with Crippen molar-refractivity contribution in [2.75, 3.05) is 0 Å². The Morgan fingerprint density at radius 1 is 1.58 bits per heavy atom. The molecule has 0 bridgehead atoms. The van der Waals surface area contributed by atoms with Crippen LogP contribution in [0.1, 0.15) is 13.3 Å². The molecule has 0 N–H and O–H groups in total. The maximum Gasteiger partial charge on any atom is 0.0369 e. The van der Waals surface area contributed by atoms with Gasteiger partial charge in [0.05, 0.1) is 0 Å². The summed E-state index contributed by atoms with van der Waals surface area (Å²) in [5.41, 5.74) is 2.98. The summed E-state index contributed by atoms with van der Waals surface area (Å²) < 4.78 is 0. The maximum atomic E-state index is 4.19. The lowest BCUT2D eigenvalue weighted by molar-refractivity contribution is 1.18. The fraction of sp³-hybridized carbons (Fsp3) is 0.182. The van der Waals surface area contributed by atoms with Gasteiger partial charge in [-0.3, -0.25) is 4.99 Å². The van der Waals surface area contributed by atoms with Crippen LogP contribution in [0.3, 0.4) is 0 Å². The molecule has 0 saturated heterocycles. The molecule has 1 heteroatoms. The van der Waals surface area contributed by atoms with E-state index in [0.29, 0.717) is 0 Å². The molecule has 0 aromatic carbocycles. The van der Waals surface area contributed by atoms with Crippen LogP contribution in [0.5, 0.6) is 0 Å². The number of aliphatic imine (C=N–C) groups is 1. The second-order valence-corrected chi connectivity index (χ2v) is 2.86. The van der Waals surface area contributed by atoms with Crippen molar-refractivity contribution in [3.8, 4) is 0 Å². The molecule has 1 heterocycles. The van der Waals surface area contributed by atoms with Crippen LogP contribution in [0.4, 0.5) is 0 Å². The van der Waals surface area contributed by atoms with Crippen molar-refractivity contribution in [2.45, 2.75) is 13.3 Å². The Morgan fingerprint density at radius 2 is 2.33 bits per heavy atom. The second-order valence-electron chi connectivity index (χ2n) is 2.86. The minimum atomic E-state index is 0.830. The summed E-state index contributed by atoms with van der Waals surface area (Å²) in [6.07, 6.45) is 8.71. The largest absolute Gasteiger partial charge is 0.261 e. The lowest BCUT2D eigenvalue weighted by atomic mass is 10.1. The van der Waals surface area contributed by atoms with Gasteiger partial charge in [0.25, 0.3) is 0 Å². The summed E-state index contributed by atoms with van der Waals surface area (Å²) in [6.45, 7) is 9.62. The van der Waals surface area contributed by atoms with Crippen LogP contribution in [0.25, 0.3) is 0 Å². The van der Waals surface area contributed by atoms with E-state index in [1.807, 2.05) is 31.4 Å². The molecule has 62 valence electrons. The Morgan fingerprint density at radius 3 is 3.00 bits per heavy atom. The average Bonchev–Trinajstić information content (AvgIpc) is 1.97. The van der Waals surface area contributed by atoms with Gasteiger partial charge >= 0.3 is 0 Å². The summed E-state index contributed by atoms with van der Waals surface area (Å²) in [7, 11) is 0. The summed E-state index contributed by atoms with van der Waals surface area (Å²) in [6, 6.07) is 0. The molecular formula is C11H13N. The van der Waals surface area contributed by atoms with E-state index in [1.165, 1.54) is 0 Å². The van der Waals surface area contributed by atoms with Crippen LogP contribution in [-0.2, 0) is 0 Å². The summed E-state index contributed by atoms with van der Waals surface area (Å²) in [5.74, 6) is 0. The molecular weight excluding hydrogens is 146 g/mol. The van der Waals surface area contributed by atoms with E-state index in [2.05, 4.69) is 18.2 Å². The van der Waals surface area contributed by atoms with Gasteiger partial charge in [0.1, 0.15) is 0 Å². The maximum absolute atomic E-state index is 4.19. The highest BCUT2D eigenvalue weighted by molar-refractivity contribution is 5.85. The minimum absolute atomic E-state index is 0.830. The number of rotatable bonds is 1. The second kappa shape index (κ2) is 3.86. The third kappa shape index (κ3) is 2.35. The Bertz CT molecular complexity index is 290. The van der Waals surface area contributed by atoms with E-state index in [0.717, 1.165) is 23.3 Å². The summed E-state index contributed by atoms with van der Waals surface area (Å²) >= 11 is 0. The zero-order valence-electron chi connectivity index (χ0n) is 7.38. The Hall–Kier alpha value is -1.37. The van der Waals surface area contributed by atoms with Gasteiger partial charge in [-0.1, -0.05) is 31.4 Å². The van der Waals surface area contributed by atoms with Crippen LogP contribution >= 0.6 is 0 Å². The standard InChI is InChI=1S/C11H13N/c1-9(2)11-7-5-4-6-10(3)12-8-11/h4-5,7-8H,1,3,6H2,2H3/b5-4+,11-7+,12-8?. The van der Waals surface area contributed by atoms with E-state index in [9.17, 15) is 0 Å².